The van der Waals surface area contributed by atoms with Crippen molar-refractivity contribution in [3.8, 4) is 0 Å². The fourth-order valence-electron chi connectivity index (χ4n) is 2.61. The van der Waals surface area contributed by atoms with Crippen molar-refractivity contribution in [2.75, 3.05) is 51.7 Å². The standard InChI is InChI=1S/C18H28FN5O/c1-14(2)21-18(20-13-17(25)22(3)4)24-11-9-23(10-12-24)16-7-5-15(19)6-8-16/h5-8,14H,9-13H2,1-4H3,(H,20,21). The Morgan fingerprint density at radius 3 is 2.32 bits per heavy atom. The van der Waals surface area contributed by atoms with Crippen molar-refractivity contribution in [3.63, 3.8) is 0 Å². The van der Waals surface area contributed by atoms with Crippen LogP contribution in [0.1, 0.15) is 13.8 Å². The summed E-state index contributed by atoms with van der Waals surface area (Å²) in [7, 11) is 3.46. The summed E-state index contributed by atoms with van der Waals surface area (Å²) in [4.78, 5) is 22.2. The molecule has 1 amide bonds. The molecule has 0 radical (unpaired) electrons. The lowest BCUT2D eigenvalue weighted by molar-refractivity contribution is -0.127. The van der Waals surface area contributed by atoms with Gasteiger partial charge in [-0.05, 0) is 38.1 Å². The number of rotatable bonds is 4. The lowest BCUT2D eigenvalue weighted by Gasteiger charge is -2.38. The second-order valence-corrected chi connectivity index (χ2v) is 6.68. The summed E-state index contributed by atoms with van der Waals surface area (Å²) in [5, 5.41) is 3.34. The minimum absolute atomic E-state index is 0.0204. The molecule has 1 aromatic carbocycles. The molecule has 1 N–H and O–H groups in total. The number of guanidine groups is 1. The minimum atomic E-state index is -0.219. The third kappa shape index (κ3) is 5.62. The Morgan fingerprint density at radius 2 is 1.80 bits per heavy atom. The first-order valence-electron chi connectivity index (χ1n) is 8.63. The number of halogens is 1. The molecule has 7 heteroatoms. The summed E-state index contributed by atoms with van der Waals surface area (Å²) in [5.74, 6) is 0.528. The van der Waals surface area contributed by atoms with Crippen molar-refractivity contribution in [2.45, 2.75) is 19.9 Å². The normalized spacial score (nSPS) is 15.5. The second-order valence-electron chi connectivity index (χ2n) is 6.68. The molecule has 138 valence electrons. The maximum Gasteiger partial charge on any atom is 0.243 e. The number of piperazine rings is 1. The summed E-state index contributed by atoms with van der Waals surface area (Å²) in [6.07, 6.45) is 0. The Labute approximate surface area is 149 Å². The molecule has 1 saturated heterocycles. The number of likely N-dealkylation sites (N-methyl/N-ethyl adjacent to an activating group) is 1. The van der Waals surface area contributed by atoms with E-state index in [0.717, 1.165) is 37.8 Å². The van der Waals surface area contributed by atoms with Gasteiger partial charge in [0.25, 0.3) is 0 Å². The van der Waals surface area contributed by atoms with Crippen LogP contribution in [-0.4, -0.2) is 74.5 Å². The molecular formula is C18H28FN5O. The van der Waals surface area contributed by atoms with Crippen LogP contribution < -0.4 is 10.2 Å². The van der Waals surface area contributed by atoms with Crippen molar-refractivity contribution < 1.29 is 9.18 Å². The number of aliphatic imine (C=N–C) groups is 1. The zero-order valence-corrected chi connectivity index (χ0v) is 15.5. The molecule has 1 aliphatic rings. The number of carbonyl (C=O) groups excluding carboxylic acids is 1. The van der Waals surface area contributed by atoms with Gasteiger partial charge in [0.2, 0.25) is 5.91 Å². The second kappa shape index (κ2) is 8.69. The van der Waals surface area contributed by atoms with E-state index in [2.05, 4.69) is 34.0 Å². The van der Waals surface area contributed by atoms with E-state index in [9.17, 15) is 9.18 Å². The van der Waals surface area contributed by atoms with Gasteiger partial charge in [0.05, 0.1) is 0 Å². The maximum absolute atomic E-state index is 13.1. The van der Waals surface area contributed by atoms with Crippen LogP contribution in [0.25, 0.3) is 0 Å². The quantitative estimate of drug-likeness (QED) is 0.659. The first kappa shape index (κ1) is 19.0. The predicted octanol–water partition coefficient (Wildman–Crippen LogP) is 1.39. The van der Waals surface area contributed by atoms with E-state index in [1.807, 2.05) is 12.1 Å². The van der Waals surface area contributed by atoms with Gasteiger partial charge in [-0.2, -0.15) is 0 Å². The Kier molecular flexibility index (Phi) is 6.61. The average molecular weight is 349 g/mol. The zero-order chi connectivity index (χ0) is 18.4. The Morgan fingerprint density at radius 1 is 1.20 bits per heavy atom. The van der Waals surface area contributed by atoms with Crippen LogP contribution in [0.15, 0.2) is 29.3 Å². The molecule has 0 aliphatic carbocycles. The number of benzene rings is 1. The van der Waals surface area contributed by atoms with Crippen molar-refractivity contribution in [1.29, 1.82) is 0 Å². The number of amides is 1. The SMILES string of the molecule is CC(C)NC(=NCC(=O)N(C)C)N1CCN(c2ccc(F)cc2)CC1. The first-order chi connectivity index (χ1) is 11.9. The molecule has 0 atom stereocenters. The van der Waals surface area contributed by atoms with Gasteiger partial charge in [-0.3, -0.25) is 4.79 Å². The van der Waals surface area contributed by atoms with Gasteiger partial charge in [0.15, 0.2) is 5.96 Å². The van der Waals surface area contributed by atoms with E-state index in [1.54, 1.807) is 19.0 Å². The largest absolute Gasteiger partial charge is 0.368 e. The smallest absolute Gasteiger partial charge is 0.243 e. The van der Waals surface area contributed by atoms with Gasteiger partial charge < -0.3 is 20.0 Å². The fraction of sp³-hybridized carbons (Fsp3) is 0.556. The Balaban J connectivity index is 1.99. The molecule has 0 unspecified atom stereocenters. The molecule has 0 spiro atoms. The number of nitrogens with zero attached hydrogens (tertiary/aromatic N) is 4. The van der Waals surface area contributed by atoms with Gasteiger partial charge in [0.1, 0.15) is 12.4 Å². The van der Waals surface area contributed by atoms with Gasteiger partial charge in [0, 0.05) is 52.0 Å². The van der Waals surface area contributed by atoms with E-state index < -0.39 is 0 Å². The van der Waals surface area contributed by atoms with Crippen LogP contribution in [0.2, 0.25) is 0 Å². The summed E-state index contributed by atoms with van der Waals surface area (Å²) in [5.41, 5.74) is 1.03. The number of anilines is 1. The molecule has 2 rings (SSSR count). The van der Waals surface area contributed by atoms with Gasteiger partial charge in [-0.1, -0.05) is 0 Å². The van der Waals surface area contributed by atoms with Crippen LogP contribution in [0.5, 0.6) is 0 Å². The van der Waals surface area contributed by atoms with Crippen molar-refractivity contribution in [1.82, 2.24) is 15.1 Å². The minimum Gasteiger partial charge on any atom is -0.368 e. The fourth-order valence-corrected chi connectivity index (χ4v) is 2.61. The molecule has 1 fully saturated rings. The summed E-state index contributed by atoms with van der Waals surface area (Å²) >= 11 is 0. The van der Waals surface area contributed by atoms with Crippen LogP contribution in [0.4, 0.5) is 10.1 Å². The number of hydrogen-bond donors (Lipinski definition) is 1. The van der Waals surface area contributed by atoms with E-state index >= 15 is 0 Å². The first-order valence-corrected chi connectivity index (χ1v) is 8.63. The zero-order valence-electron chi connectivity index (χ0n) is 15.5. The highest BCUT2D eigenvalue weighted by Gasteiger charge is 2.21. The molecular weight excluding hydrogens is 321 g/mol. The molecule has 0 saturated carbocycles. The number of hydrogen-bond acceptors (Lipinski definition) is 3. The number of nitrogens with one attached hydrogen (secondary N) is 1. The van der Waals surface area contributed by atoms with E-state index in [-0.39, 0.29) is 24.3 Å². The van der Waals surface area contributed by atoms with E-state index in [0.29, 0.717) is 0 Å². The molecule has 1 aliphatic heterocycles. The van der Waals surface area contributed by atoms with Crippen molar-refractivity contribution in [3.05, 3.63) is 30.1 Å². The Bertz CT molecular complexity index is 592. The highest BCUT2D eigenvalue weighted by molar-refractivity contribution is 5.85. The molecule has 1 heterocycles. The molecule has 0 bridgehead atoms. The van der Waals surface area contributed by atoms with Crippen molar-refractivity contribution >= 4 is 17.6 Å². The number of carbonyl (C=O) groups is 1. The highest BCUT2D eigenvalue weighted by atomic mass is 19.1. The van der Waals surface area contributed by atoms with Crippen LogP contribution >= 0.6 is 0 Å². The van der Waals surface area contributed by atoms with Crippen LogP contribution in [-0.2, 0) is 4.79 Å². The maximum atomic E-state index is 13.1. The molecule has 25 heavy (non-hydrogen) atoms. The predicted molar refractivity (Wildman–Crippen MR) is 99.5 cm³/mol. The lowest BCUT2D eigenvalue weighted by Crippen LogP contribution is -2.54. The average Bonchev–Trinajstić information content (AvgIpc) is 2.58. The lowest BCUT2D eigenvalue weighted by atomic mass is 10.2. The third-order valence-corrected chi connectivity index (χ3v) is 4.05. The van der Waals surface area contributed by atoms with Gasteiger partial charge in [-0.15, -0.1) is 0 Å². The van der Waals surface area contributed by atoms with Crippen molar-refractivity contribution in [2.24, 2.45) is 4.99 Å². The van der Waals surface area contributed by atoms with E-state index in [4.69, 9.17) is 0 Å². The summed E-state index contributed by atoms with van der Waals surface area (Å²) in [6.45, 7) is 7.49. The third-order valence-electron chi connectivity index (χ3n) is 4.05. The highest BCUT2D eigenvalue weighted by Crippen LogP contribution is 2.17. The van der Waals surface area contributed by atoms with Gasteiger partial charge in [-0.25, -0.2) is 9.38 Å². The molecule has 6 nitrogen and oxygen atoms in total. The van der Waals surface area contributed by atoms with Crippen LogP contribution in [0.3, 0.4) is 0 Å². The topological polar surface area (TPSA) is 51.2 Å². The van der Waals surface area contributed by atoms with Crippen LogP contribution in [0, 0.1) is 5.82 Å². The molecule has 0 aromatic heterocycles. The summed E-state index contributed by atoms with van der Waals surface area (Å²) in [6, 6.07) is 6.83. The summed E-state index contributed by atoms with van der Waals surface area (Å²) < 4.78 is 13.1. The monoisotopic (exact) mass is 349 g/mol. The Hall–Kier alpha value is -2.31. The van der Waals surface area contributed by atoms with Gasteiger partial charge >= 0.3 is 0 Å². The van der Waals surface area contributed by atoms with E-state index in [1.165, 1.54) is 12.1 Å². The molecule has 1 aromatic rings.